The van der Waals surface area contributed by atoms with Crippen LogP contribution in [0.3, 0.4) is 0 Å². The second-order valence-corrected chi connectivity index (χ2v) is 7.43. The Labute approximate surface area is 172 Å². The highest BCUT2D eigenvalue weighted by atomic mass is 32.1. The zero-order valence-electron chi connectivity index (χ0n) is 16.2. The molecule has 4 aromatic rings. The second-order valence-electron chi connectivity index (χ2n) is 6.48. The van der Waals surface area contributed by atoms with Crippen LogP contribution in [0.1, 0.15) is 26.6 Å². The van der Waals surface area contributed by atoms with Crippen LogP contribution in [0.2, 0.25) is 0 Å². The average Bonchev–Trinajstić information content (AvgIpc) is 3.35. The summed E-state index contributed by atoms with van der Waals surface area (Å²) in [6.07, 6.45) is 1.45. The predicted octanol–water partition coefficient (Wildman–Crippen LogP) is 4.69. The van der Waals surface area contributed by atoms with Crippen molar-refractivity contribution in [1.82, 2.24) is 19.7 Å². The van der Waals surface area contributed by atoms with Crippen molar-refractivity contribution < 1.29 is 9.53 Å². The van der Waals surface area contributed by atoms with Crippen molar-refractivity contribution in [3.05, 3.63) is 76.0 Å². The van der Waals surface area contributed by atoms with Crippen LogP contribution in [0.15, 0.2) is 54.2 Å². The van der Waals surface area contributed by atoms with Crippen LogP contribution in [0, 0.1) is 20.8 Å². The number of ether oxygens (including phenoxy) is 1. The Balaban J connectivity index is 1.48. The molecule has 8 heteroatoms. The van der Waals surface area contributed by atoms with Gasteiger partial charge in [-0.05, 0) is 62.0 Å². The van der Waals surface area contributed by atoms with Gasteiger partial charge in [0.25, 0.3) is 5.91 Å². The van der Waals surface area contributed by atoms with Crippen LogP contribution < -0.4 is 10.1 Å². The van der Waals surface area contributed by atoms with Gasteiger partial charge in [-0.2, -0.15) is 5.10 Å². The van der Waals surface area contributed by atoms with Gasteiger partial charge in [0.15, 0.2) is 5.82 Å². The number of carbonyl (C=O) groups excluding carboxylic acids is 1. The van der Waals surface area contributed by atoms with E-state index in [4.69, 9.17) is 4.74 Å². The molecule has 1 aromatic carbocycles. The first-order valence-electron chi connectivity index (χ1n) is 8.99. The minimum Gasteiger partial charge on any atom is -0.439 e. The molecule has 0 aliphatic carbocycles. The minimum absolute atomic E-state index is 0.130. The molecule has 146 valence electrons. The van der Waals surface area contributed by atoms with Gasteiger partial charge in [-0.3, -0.25) is 4.79 Å². The number of benzene rings is 1. The van der Waals surface area contributed by atoms with Gasteiger partial charge in [-0.1, -0.05) is 6.07 Å². The molecule has 1 N–H and O–H groups in total. The van der Waals surface area contributed by atoms with Crippen molar-refractivity contribution in [3.63, 3.8) is 0 Å². The number of thiophene rings is 1. The van der Waals surface area contributed by atoms with Gasteiger partial charge in [0.1, 0.15) is 12.1 Å². The summed E-state index contributed by atoms with van der Waals surface area (Å²) in [6.45, 7) is 6.00. The van der Waals surface area contributed by atoms with Crippen molar-refractivity contribution in [3.8, 4) is 17.4 Å². The number of hydrogen-bond donors (Lipinski definition) is 1. The Kier molecular flexibility index (Phi) is 5.09. The van der Waals surface area contributed by atoms with E-state index in [1.807, 2.05) is 32.2 Å². The SMILES string of the molecule is Cc1nn(-c2cc(Oc3ccc(NC(=O)c4cccs4)cc3)ncn2)c(C)c1C. The number of nitrogens with zero attached hydrogens (tertiary/aromatic N) is 4. The molecule has 0 unspecified atom stereocenters. The molecule has 0 aliphatic rings. The van der Waals surface area contributed by atoms with Crippen LogP contribution in [0.25, 0.3) is 5.82 Å². The Morgan fingerprint density at radius 2 is 1.90 bits per heavy atom. The maximum atomic E-state index is 12.1. The number of anilines is 1. The van der Waals surface area contributed by atoms with Crippen molar-refractivity contribution in [1.29, 1.82) is 0 Å². The molecule has 1 amide bonds. The highest BCUT2D eigenvalue weighted by molar-refractivity contribution is 7.12. The first-order valence-corrected chi connectivity index (χ1v) is 9.87. The van der Waals surface area contributed by atoms with Gasteiger partial charge >= 0.3 is 0 Å². The van der Waals surface area contributed by atoms with Gasteiger partial charge in [0, 0.05) is 17.4 Å². The van der Waals surface area contributed by atoms with E-state index in [0.29, 0.717) is 28.0 Å². The summed E-state index contributed by atoms with van der Waals surface area (Å²) in [4.78, 5) is 21.3. The molecular formula is C21H19N5O2S. The smallest absolute Gasteiger partial charge is 0.265 e. The first kappa shape index (κ1) is 18.8. The van der Waals surface area contributed by atoms with Crippen molar-refractivity contribution in [2.45, 2.75) is 20.8 Å². The largest absolute Gasteiger partial charge is 0.439 e. The summed E-state index contributed by atoms with van der Waals surface area (Å²) in [6, 6.07) is 12.5. The number of aromatic nitrogens is 4. The Bertz CT molecular complexity index is 1150. The van der Waals surface area contributed by atoms with E-state index in [0.717, 1.165) is 17.0 Å². The molecule has 0 fully saturated rings. The summed E-state index contributed by atoms with van der Waals surface area (Å²) in [5, 5.41) is 9.25. The highest BCUT2D eigenvalue weighted by Gasteiger charge is 2.12. The van der Waals surface area contributed by atoms with E-state index in [2.05, 4.69) is 20.4 Å². The number of rotatable bonds is 5. The molecule has 29 heavy (non-hydrogen) atoms. The fourth-order valence-electron chi connectivity index (χ4n) is 2.77. The van der Waals surface area contributed by atoms with E-state index in [1.165, 1.54) is 17.7 Å². The van der Waals surface area contributed by atoms with Crippen LogP contribution in [-0.4, -0.2) is 25.7 Å². The number of hydrogen-bond acceptors (Lipinski definition) is 6. The Morgan fingerprint density at radius 3 is 2.55 bits per heavy atom. The normalized spacial score (nSPS) is 10.7. The first-order chi connectivity index (χ1) is 14.0. The van der Waals surface area contributed by atoms with Crippen molar-refractivity contribution >= 4 is 22.9 Å². The van der Waals surface area contributed by atoms with E-state index in [1.54, 1.807) is 41.1 Å². The molecular weight excluding hydrogens is 386 g/mol. The van der Waals surface area contributed by atoms with Gasteiger partial charge in [0.05, 0.1) is 10.6 Å². The summed E-state index contributed by atoms with van der Waals surface area (Å²) in [7, 11) is 0. The summed E-state index contributed by atoms with van der Waals surface area (Å²) in [5.41, 5.74) is 3.81. The third-order valence-electron chi connectivity index (χ3n) is 4.58. The van der Waals surface area contributed by atoms with E-state index in [-0.39, 0.29) is 5.91 Å². The molecule has 3 aromatic heterocycles. The number of carbonyl (C=O) groups is 1. The van der Waals surface area contributed by atoms with Gasteiger partial charge in [0.2, 0.25) is 5.88 Å². The maximum Gasteiger partial charge on any atom is 0.265 e. The third kappa shape index (κ3) is 4.02. The maximum absolute atomic E-state index is 12.1. The quantitative estimate of drug-likeness (QED) is 0.521. The lowest BCUT2D eigenvalue weighted by molar-refractivity contribution is 0.103. The number of nitrogens with one attached hydrogen (secondary N) is 1. The molecule has 0 spiro atoms. The Hall–Kier alpha value is -3.52. The highest BCUT2D eigenvalue weighted by Crippen LogP contribution is 2.24. The molecule has 7 nitrogen and oxygen atoms in total. The standard InChI is InChI=1S/C21H19N5O2S/c1-13-14(2)25-26(15(13)3)19-11-20(23-12-22-19)28-17-8-6-16(7-9-17)24-21(27)18-5-4-10-29-18/h4-12H,1-3H3,(H,24,27). The van der Waals surface area contributed by atoms with Gasteiger partial charge in [-0.25, -0.2) is 14.6 Å². The summed E-state index contributed by atoms with van der Waals surface area (Å²) >= 11 is 1.40. The predicted molar refractivity (Wildman–Crippen MR) is 112 cm³/mol. The average molecular weight is 405 g/mol. The van der Waals surface area contributed by atoms with Crippen LogP contribution in [0.5, 0.6) is 11.6 Å². The molecule has 0 aliphatic heterocycles. The second kappa shape index (κ2) is 7.84. The lowest BCUT2D eigenvalue weighted by Crippen LogP contribution is -2.09. The molecule has 4 rings (SSSR count). The Morgan fingerprint density at radius 1 is 1.10 bits per heavy atom. The van der Waals surface area contributed by atoms with Crippen molar-refractivity contribution in [2.75, 3.05) is 5.32 Å². The topological polar surface area (TPSA) is 81.9 Å². The zero-order chi connectivity index (χ0) is 20.4. The number of amides is 1. The fraction of sp³-hybridized carbons (Fsp3) is 0.143. The van der Waals surface area contributed by atoms with Crippen LogP contribution in [0.4, 0.5) is 5.69 Å². The molecule has 0 saturated heterocycles. The molecule has 0 radical (unpaired) electrons. The molecule has 3 heterocycles. The van der Waals surface area contributed by atoms with E-state index in [9.17, 15) is 4.79 Å². The zero-order valence-corrected chi connectivity index (χ0v) is 17.0. The van der Waals surface area contributed by atoms with Gasteiger partial charge < -0.3 is 10.1 Å². The van der Waals surface area contributed by atoms with Crippen molar-refractivity contribution in [2.24, 2.45) is 0 Å². The van der Waals surface area contributed by atoms with E-state index < -0.39 is 0 Å². The monoisotopic (exact) mass is 405 g/mol. The van der Waals surface area contributed by atoms with Gasteiger partial charge in [-0.15, -0.1) is 11.3 Å². The molecule has 0 saturated carbocycles. The molecule has 0 bridgehead atoms. The van der Waals surface area contributed by atoms with E-state index >= 15 is 0 Å². The minimum atomic E-state index is -0.130. The lowest BCUT2D eigenvalue weighted by atomic mass is 10.2. The molecule has 0 atom stereocenters. The number of aryl methyl sites for hydroxylation is 1. The fourth-order valence-corrected chi connectivity index (χ4v) is 3.39. The summed E-state index contributed by atoms with van der Waals surface area (Å²) in [5.74, 6) is 1.53. The third-order valence-corrected chi connectivity index (χ3v) is 5.45. The van der Waals surface area contributed by atoms with Crippen LogP contribution in [-0.2, 0) is 0 Å². The lowest BCUT2D eigenvalue weighted by Gasteiger charge is -2.08. The summed E-state index contributed by atoms with van der Waals surface area (Å²) < 4.78 is 7.63. The van der Waals surface area contributed by atoms with Crippen LogP contribution >= 0.6 is 11.3 Å².